The van der Waals surface area contributed by atoms with Gasteiger partial charge in [0.1, 0.15) is 17.4 Å². The lowest BCUT2D eigenvalue weighted by molar-refractivity contribution is 0.0870. The maximum absolute atomic E-state index is 12.3. The zero-order valence-corrected chi connectivity index (χ0v) is 15.4. The quantitative estimate of drug-likeness (QED) is 0.658. The molecule has 1 atom stereocenters. The second kappa shape index (κ2) is 8.46. The van der Waals surface area contributed by atoms with E-state index in [0.717, 1.165) is 11.0 Å². The summed E-state index contributed by atoms with van der Waals surface area (Å²) < 4.78 is 21.8. The molecule has 2 N–H and O–H groups in total. The number of benzene rings is 2. The van der Waals surface area contributed by atoms with Crippen LogP contribution >= 0.6 is 0 Å². The van der Waals surface area contributed by atoms with Crippen molar-refractivity contribution < 1.29 is 23.4 Å². The van der Waals surface area contributed by atoms with Gasteiger partial charge < -0.3 is 29.3 Å². The summed E-state index contributed by atoms with van der Waals surface area (Å²) in [7, 11) is 4.63. The lowest BCUT2D eigenvalue weighted by Crippen LogP contribution is -2.33. The molecular weight excluding hydrogens is 348 g/mol. The van der Waals surface area contributed by atoms with Gasteiger partial charge in [0, 0.05) is 12.5 Å². The Bertz CT molecular complexity index is 889. The molecule has 27 heavy (non-hydrogen) atoms. The van der Waals surface area contributed by atoms with Crippen LogP contribution in [0.1, 0.15) is 11.9 Å². The average Bonchev–Trinajstić information content (AvgIpc) is 3.12. The lowest BCUT2D eigenvalue weighted by Gasteiger charge is -2.16. The molecule has 1 heterocycles. The Morgan fingerprint density at radius 2 is 1.89 bits per heavy atom. The van der Waals surface area contributed by atoms with Gasteiger partial charge in [-0.25, -0.2) is 4.79 Å². The maximum atomic E-state index is 12.3. The molecule has 3 rings (SSSR count). The van der Waals surface area contributed by atoms with E-state index >= 15 is 0 Å². The van der Waals surface area contributed by atoms with Crippen molar-refractivity contribution in [3.05, 3.63) is 54.3 Å². The molecule has 142 valence electrons. The molecule has 0 fully saturated rings. The smallest absolute Gasteiger partial charge is 0.319 e. The number of methoxy groups -OCH3 is 3. The van der Waals surface area contributed by atoms with E-state index in [1.165, 1.54) is 14.2 Å². The summed E-state index contributed by atoms with van der Waals surface area (Å²) in [5.74, 6) is 1.64. The molecule has 0 bridgehead atoms. The van der Waals surface area contributed by atoms with Crippen molar-refractivity contribution in [1.29, 1.82) is 0 Å². The minimum atomic E-state index is -0.407. The number of furan rings is 1. The highest BCUT2D eigenvalue weighted by atomic mass is 16.5. The normalized spacial score (nSPS) is 11.8. The van der Waals surface area contributed by atoms with E-state index in [4.69, 9.17) is 18.6 Å². The van der Waals surface area contributed by atoms with Gasteiger partial charge in [-0.05, 0) is 24.3 Å². The predicted octanol–water partition coefficient (Wildman–Crippen LogP) is 3.96. The Labute approximate surface area is 157 Å². The number of para-hydroxylation sites is 2. The van der Waals surface area contributed by atoms with Gasteiger partial charge in [0.05, 0.1) is 26.5 Å². The number of hydrogen-bond donors (Lipinski definition) is 2. The van der Waals surface area contributed by atoms with Crippen LogP contribution in [0.5, 0.6) is 11.5 Å². The van der Waals surface area contributed by atoms with Crippen molar-refractivity contribution in [3.8, 4) is 11.5 Å². The topological polar surface area (TPSA) is 82.0 Å². The minimum Gasteiger partial charge on any atom is -0.493 e. The van der Waals surface area contributed by atoms with E-state index in [0.29, 0.717) is 22.9 Å². The largest absolute Gasteiger partial charge is 0.493 e. The molecule has 0 saturated heterocycles. The van der Waals surface area contributed by atoms with Crippen molar-refractivity contribution in [1.82, 2.24) is 5.32 Å². The molecule has 1 aromatic heterocycles. The first-order chi connectivity index (χ1) is 13.2. The Hall–Kier alpha value is -3.19. The second-order valence-corrected chi connectivity index (χ2v) is 5.79. The molecule has 0 unspecified atom stereocenters. The van der Waals surface area contributed by atoms with Crippen LogP contribution in [0, 0.1) is 0 Å². The third-order valence-electron chi connectivity index (χ3n) is 4.15. The highest BCUT2D eigenvalue weighted by molar-refractivity contribution is 5.91. The molecule has 0 aliphatic heterocycles. The van der Waals surface area contributed by atoms with E-state index in [1.54, 1.807) is 25.3 Å². The fourth-order valence-electron chi connectivity index (χ4n) is 2.80. The van der Waals surface area contributed by atoms with Crippen LogP contribution in [-0.4, -0.2) is 33.9 Å². The number of hydrogen-bond acceptors (Lipinski definition) is 5. The van der Waals surface area contributed by atoms with Gasteiger partial charge >= 0.3 is 6.03 Å². The third-order valence-corrected chi connectivity index (χ3v) is 4.15. The number of carbonyl (C=O) groups is 1. The number of carbonyl (C=O) groups excluding carboxylic acids is 1. The lowest BCUT2D eigenvalue weighted by atomic mass is 10.2. The number of ether oxygens (including phenoxy) is 3. The van der Waals surface area contributed by atoms with E-state index in [9.17, 15) is 4.79 Å². The fraction of sp³-hybridized carbons (Fsp3) is 0.250. The molecule has 0 aliphatic rings. The van der Waals surface area contributed by atoms with Gasteiger partial charge in [0.15, 0.2) is 11.5 Å². The number of urea groups is 1. The van der Waals surface area contributed by atoms with Crippen LogP contribution in [-0.2, 0) is 4.74 Å². The third kappa shape index (κ3) is 4.15. The van der Waals surface area contributed by atoms with Crippen LogP contribution in [0.25, 0.3) is 11.0 Å². The first kappa shape index (κ1) is 18.6. The van der Waals surface area contributed by atoms with Crippen molar-refractivity contribution in [3.63, 3.8) is 0 Å². The van der Waals surface area contributed by atoms with Crippen LogP contribution in [0.2, 0.25) is 0 Å². The minimum absolute atomic E-state index is 0.244. The summed E-state index contributed by atoms with van der Waals surface area (Å²) in [6, 6.07) is 14.5. The van der Waals surface area contributed by atoms with Crippen LogP contribution in [0.15, 0.2) is 52.9 Å². The van der Waals surface area contributed by atoms with Gasteiger partial charge in [-0.3, -0.25) is 0 Å². The number of nitrogens with one attached hydrogen (secondary N) is 2. The molecule has 0 saturated carbocycles. The Morgan fingerprint density at radius 3 is 2.59 bits per heavy atom. The molecule has 0 radical (unpaired) electrons. The predicted molar refractivity (Wildman–Crippen MR) is 103 cm³/mol. The van der Waals surface area contributed by atoms with Crippen LogP contribution in [0.3, 0.4) is 0 Å². The Kier molecular flexibility index (Phi) is 5.83. The van der Waals surface area contributed by atoms with Crippen molar-refractivity contribution in [2.45, 2.75) is 6.10 Å². The fourth-order valence-corrected chi connectivity index (χ4v) is 2.80. The monoisotopic (exact) mass is 370 g/mol. The standard InChI is InChI=1S/C20H22N2O5/c1-24-16-10-6-8-14(19(16)26-3)22-20(23)21-12-18(25-2)17-11-13-7-4-5-9-15(13)27-17/h4-11,18H,12H2,1-3H3,(H2,21,22,23)/t18-/m1/s1. The van der Waals surface area contributed by atoms with Crippen molar-refractivity contribution >= 4 is 22.7 Å². The number of anilines is 1. The van der Waals surface area contributed by atoms with E-state index in [2.05, 4.69) is 10.6 Å². The van der Waals surface area contributed by atoms with Crippen LogP contribution in [0.4, 0.5) is 10.5 Å². The molecule has 3 aromatic rings. The maximum Gasteiger partial charge on any atom is 0.319 e. The highest BCUT2D eigenvalue weighted by Gasteiger charge is 2.18. The molecular formula is C20H22N2O5. The van der Waals surface area contributed by atoms with Gasteiger partial charge in [-0.15, -0.1) is 0 Å². The summed E-state index contributed by atoms with van der Waals surface area (Å²) in [5, 5.41) is 6.52. The van der Waals surface area contributed by atoms with Crippen LogP contribution < -0.4 is 20.1 Å². The first-order valence-electron chi connectivity index (χ1n) is 8.43. The summed E-state index contributed by atoms with van der Waals surface area (Å²) in [6.07, 6.45) is -0.407. The molecule has 0 spiro atoms. The van der Waals surface area contributed by atoms with Gasteiger partial charge in [0.2, 0.25) is 0 Å². The Morgan fingerprint density at radius 1 is 1.07 bits per heavy atom. The summed E-state index contributed by atoms with van der Waals surface area (Å²) in [4.78, 5) is 12.3. The molecule has 7 nitrogen and oxygen atoms in total. The molecule has 7 heteroatoms. The van der Waals surface area contributed by atoms with E-state index < -0.39 is 6.10 Å². The molecule has 0 aliphatic carbocycles. The number of rotatable bonds is 7. The zero-order valence-electron chi connectivity index (χ0n) is 15.4. The summed E-state index contributed by atoms with van der Waals surface area (Å²) in [5.41, 5.74) is 1.28. The number of fused-ring (bicyclic) bond motifs is 1. The highest BCUT2D eigenvalue weighted by Crippen LogP contribution is 2.34. The van der Waals surface area contributed by atoms with Gasteiger partial charge in [-0.2, -0.15) is 0 Å². The Balaban J connectivity index is 1.65. The first-order valence-corrected chi connectivity index (χ1v) is 8.43. The van der Waals surface area contributed by atoms with Crippen molar-refractivity contribution in [2.75, 3.05) is 33.2 Å². The van der Waals surface area contributed by atoms with Crippen molar-refractivity contribution in [2.24, 2.45) is 0 Å². The van der Waals surface area contributed by atoms with E-state index in [-0.39, 0.29) is 12.6 Å². The summed E-state index contributed by atoms with van der Waals surface area (Å²) >= 11 is 0. The van der Waals surface area contributed by atoms with E-state index in [1.807, 2.05) is 30.3 Å². The van der Waals surface area contributed by atoms with Gasteiger partial charge in [-0.1, -0.05) is 24.3 Å². The number of amides is 2. The molecule has 2 aromatic carbocycles. The molecule has 2 amide bonds. The van der Waals surface area contributed by atoms with Gasteiger partial charge in [0.25, 0.3) is 0 Å². The zero-order chi connectivity index (χ0) is 19.2. The average molecular weight is 370 g/mol. The second-order valence-electron chi connectivity index (χ2n) is 5.79. The SMILES string of the molecule is COc1cccc(NC(=O)NC[C@@H](OC)c2cc3ccccc3o2)c1OC. The summed E-state index contributed by atoms with van der Waals surface area (Å²) in [6.45, 7) is 0.244.